The van der Waals surface area contributed by atoms with Crippen molar-refractivity contribution in [3.63, 3.8) is 0 Å². The fourth-order valence-electron chi connectivity index (χ4n) is 2.94. The number of hydrogen-bond acceptors (Lipinski definition) is 5. The summed E-state index contributed by atoms with van der Waals surface area (Å²) in [6.07, 6.45) is 4.46. The molecule has 1 aliphatic heterocycles. The van der Waals surface area contributed by atoms with Crippen LogP contribution in [0.5, 0.6) is 0 Å². The summed E-state index contributed by atoms with van der Waals surface area (Å²) < 4.78 is 3.88. The molecule has 0 aromatic carbocycles. The summed E-state index contributed by atoms with van der Waals surface area (Å²) in [5.41, 5.74) is 0.813. The Morgan fingerprint density at radius 2 is 2.32 bits per heavy atom. The molecule has 104 valence electrons. The Labute approximate surface area is 117 Å². The molecule has 19 heavy (non-hydrogen) atoms. The van der Waals surface area contributed by atoms with Gasteiger partial charge in [0.15, 0.2) is 0 Å². The number of hydrogen-bond donors (Lipinski definition) is 1. The van der Waals surface area contributed by atoms with Crippen molar-refractivity contribution >= 4 is 17.4 Å². The third-order valence-electron chi connectivity index (χ3n) is 4.07. The number of nitrogens with one attached hydrogen (secondary N) is 1. The molecule has 6 heteroatoms. The molecule has 2 heterocycles. The van der Waals surface area contributed by atoms with Crippen LogP contribution in [-0.2, 0) is 6.42 Å². The van der Waals surface area contributed by atoms with E-state index in [4.69, 9.17) is 0 Å². The van der Waals surface area contributed by atoms with Gasteiger partial charge < -0.3 is 5.32 Å². The molecule has 2 atom stereocenters. The van der Waals surface area contributed by atoms with Crippen molar-refractivity contribution in [1.29, 1.82) is 0 Å². The van der Waals surface area contributed by atoms with Gasteiger partial charge in [-0.15, -0.1) is 5.10 Å². The Bertz CT molecular complexity index is 471. The zero-order chi connectivity index (χ0) is 13.4. The first-order chi connectivity index (χ1) is 9.19. The average Bonchev–Trinajstić information content (AvgIpc) is 2.99. The smallest absolute Gasteiger partial charge is 0.265 e. The van der Waals surface area contributed by atoms with E-state index in [2.05, 4.69) is 26.7 Å². The maximum Gasteiger partial charge on any atom is 0.265 e. The molecule has 3 rings (SSSR count). The van der Waals surface area contributed by atoms with Gasteiger partial charge in [-0.1, -0.05) is 11.4 Å². The van der Waals surface area contributed by atoms with E-state index in [1.807, 2.05) is 6.92 Å². The van der Waals surface area contributed by atoms with E-state index in [1.165, 1.54) is 24.4 Å². The molecule has 1 aromatic heterocycles. The molecule has 1 aromatic rings. The Kier molecular flexibility index (Phi) is 3.54. The van der Waals surface area contributed by atoms with Crippen molar-refractivity contribution in [2.45, 2.75) is 57.7 Å². The maximum absolute atomic E-state index is 12.2. The molecular formula is C13H20N4OS. The normalized spacial score (nSPS) is 27.7. The van der Waals surface area contributed by atoms with Crippen LogP contribution in [0.4, 0.5) is 0 Å². The van der Waals surface area contributed by atoms with Crippen LogP contribution >= 0.6 is 11.5 Å². The zero-order valence-electron chi connectivity index (χ0n) is 11.4. The van der Waals surface area contributed by atoms with Crippen LogP contribution < -0.4 is 5.32 Å². The number of nitrogens with zero attached hydrogens (tertiary/aromatic N) is 3. The van der Waals surface area contributed by atoms with Gasteiger partial charge in [0.05, 0.1) is 5.69 Å². The highest BCUT2D eigenvalue weighted by molar-refractivity contribution is 7.08. The van der Waals surface area contributed by atoms with E-state index in [0.717, 1.165) is 31.1 Å². The molecule has 0 spiro atoms. The molecule has 2 aliphatic rings. The first-order valence-electron chi connectivity index (χ1n) is 7.06. The molecule has 0 radical (unpaired) electrons. The fourth-order valence-corrected chi connectivity index (χ4v) is 3.59. The van der Waals surface area contributed by atoms with Crippen LogP contribution in [0.3, 0.4) is 0 Å². The molecule has 0 bridgehead atoms. The van der Waals surface area contributed by atoms with Crippen LogP contribution in [0.25, 0.3) is 0 Å². The SMILES string of the molecule is CCc1nnsc1C(=O)N[C@H]1C[C@@H](C)N(C2CC2)C1. The van der Waals surface area contributed by atoms with E-state index >= 15 is 0 Å². The van der Waals surface area contributed by atoms with Crippen molar-refractivity contribution in [3.05, 3.63) is 10.6 Å². The van der Waals surface area contributed by atoms with Gasteiger partial charge in [-0.05, 0) is 44.1 Å². The van der Waals surface area contributed by atoms with E-state index in [9.17, 15) is 4.79 Å². The zero-order valence-corrected chi connectivity index (χ0v) is 12.2. The van der Waals surface area contributed by atoms with Gasteiger partial charge in [0.1, 0.15) is 4.88 Å². The Balaban J connectivity index is 1.61. The minimum Gasteiger partial charge on any atom is -0.347 e. The van der Waals surface area contributed by atoms with Crippen LogP contribution in [0.1, 0.15) is 48.5 Å². The molecule has 1 aliphatic carbocycles. The van der Waals surface area contributed by atoms with Gasteiger partial charge >= 0.3 is 0 Å². The molecule has 1 N–H and O–H groups in total. The molecular weight excluding hydrogens is 260 g/mol. The van der Waals surface area contributed by atoms with Gasteiger partial charge in [0.25, 0.3) is 5.91 Å². The second kappa shape index (κ2) is 5.17. The summed E-state index contributed by atoms with van der Waals surface area (Å²) in [6, 6.07) is 1.63. The predicted octanol–water partition coefficient (Wildman–Crippen LogP) is 1.46. The lowest BCUT2D eigenvalue weighted by atomic mass is 10.2. The highest BCUT2D eigenvalue weighted by Crippen LogP contribution is 2.33. The Morgan fingerprint density at radius 3 is 3.00 bits per heavy atom. The Hall–Kier alpha value is -1.01. The van der Waals surface area contributed by atoms with Gasteiger partial charge in [-0.25, -0.2) is 0 Å². The first kappa shape index (κ1) is 13.0. The van der Waals surface area contributed by atoms with E-state index in [0.29, 0.717) is 10.9 Å². The summed E-state index contributed by atoms with van der Waals surface area (Å²) in [5, 5.41) is 7.14. The molecule has 1 saturated carbocycles. The summed E-state index contributed by atoms with van der Waals surface area (Å²) in [4.78, 5) is 15.5. The van der Waals surface area contributed by atoms with Crippen molar-refractivity contribution in [1.82, 2.24) is 19.8 Å². The van der Waals surface area contributed by atoms with E-state index < -0.39 is 0 Å². The summed E-state index contributed by atoms with van der Waals surface area (Å²) in [6.45, 7) is 5.25. The number of amides is 1. The maximum atomic E-state index is 12.2. The molecule has 2 fully saturated rings. The minimum absolute atomic E-state index is 0.00157. The number of carbonyl (C=O) groups excluding carboxylic acids is 1. The summed E-state index contributed by atoms with van der Waals surface area (Å²) in [5.74, 6) is 0.00157. The van der Waals surface area contributed by atoms with E-state index in [1.54, 1.807) is 0 Å². The van der Waals surface area contributed by atoms with Gasteiger partial charge in [-0.2, -0.15) is 0 Å². The lowest BCUT2D eigenvalue weighted by Gasteiger charge is -2.19. The standard InChI is InChI=1S/C13H20N4OS/c1-3-11-12(19-16-15-11)13(18)14-9-6-8(2)17(7-9)10-4-5-10/h8-10H,3-7H2,1-2H3,(H,14,18)/t8-,9+/m1/s1. The largest absolute Gasteiger partial charge is 0.347 e. The summed E-state index contributed by atoms with van der Waals surface area (Å²) >= 11 is 1.20. The third-order valence-corrected chi connectivity index (χ3v) is 4.84. The number of rotatable bonds is 4. The number of carbonyl (C=O) groups is 1. The highest BCUT2D eigenvalue weighted by Gasteiger charge is 2.39. The number of aromatic nitrogens is 2. The van der Waals surface area contributed by atoms with Crippen LogP contribution in [0, 0.1) is 0 Å². The first-order valence-corrected chi connectivity index (χ1v) is 7.84. The molecule has 0 unspecified atom stereocenters. The fraction of sp³-hybridized carbons (Fsp3) is 0.769. The monoisotopic (exact) mass is 280 g/mol. The lowest BCUT2D eigenvalue weighted by Crippen LogP contribution is -2.37. The van der Waals surface area contributed by atoms with E-state index in [-0.39, 0.29) is 11.9 Å². The lowest BCUT2D eigenvalue weighted by molar-refractivity contribution is 0.0940. The second-order valence-electron chi connectivity index (χ2n) is 5.59. The molecule has 5 nitrogen and oxygen atoms in total. The minimum atomic E-state index is 0.00157. The van der Waals surface area contributed by atoms with Crippen molar-refractivity contribution in [2.24, 2.45) is 0 Å². The van der Waals surface area contributed by atoms with Crippen molar-refractivity contribution in [2.75, 3.05) is 6.54 Å². The van der Waals surface area contributed by atoms with Gasteiger partial charge in [0, 0.05) is 24.7 Å². The van der Waals surface area contributed by atoms with Gasteiger partial charge in [0.2, 0.25) is 0 Å². The Morgan fingerprint density at radius 1 is 1.53 bits per heavy atom. The van der Waals surface area contributed by atoms with Gasteiger partial charge in [-0.3, -0.25) is 9.69 Å². The molecule has 1 amide bonds. The topological polar surface area (TPSA) is 58.1 Å². The quantitative estimate of drug-likeness (QED) is 0.907. The molecule has 1 saturated heterocycles. The third kappa shape index (κ3) is 2.65. The predicted molar refractivity (Wildman–Crippen MR) is 74.3 cm³/mol. The van der Waals surface area contributed by atoms with Crippen LogP contribution in [-0.4, -0.2) is 45.1 Å². The number of aryl methyl sites for hydroxylation is 1. The highest BCUT2D eigenvalue weighted by atomic mass is 32.1. The number of likely N-dealkylation sites (tertiary alicyclic amines) is 1. The second-order valence-corrected chi connectivity index (χ2v) is 6.34. The van der Waals surface area contributed by atoms with Crippen LogP contribution in [0.2, 0.25) is 0 Å². The van der Waals surface area contributed by atoms with Crippen molar-refractivity contribution < 1.29 is 4.79 Å². The van der Waals surface area contributed by atoms with Crippen LogP contribution in [0.15, 0.2) is 0 Å². The van der Waals surface area contributed by atoms with Crippen molar-refractivity contribution in [3.8, 4) is 0 Å². The summed E-state index contributed by atoms with van der Waals surface area (Å²) in [7, 11) is 0. The average molecular weight is 280 g/mol.